The fraction of sp³-hybridized carbons (Fsp3) is 0.795. The molecule has 2 aliphatic rings. The Balaban J connectivity index is 1.91. The van der Waals surface area contributed by atoms with Gasteiger partial charge in [-0.05, 0) is 64.7 Å². The summed E-state index contributed by atoms with van der Waals surface area (Å²) in [6.07, 6.45) is 17.7. The second-order valence-electron chi connectivity index (χ2n) is 15.5. The third-order valence-corrected chi connectivity index (χ3v) is 10.6. The molecular formula is C44H77NO13. The highest BCUT2D eigenvalue weighted by molar-refractivity contribution is 5.76. The molecule has 336 valence electrons. The van der Waals surface area contributed by atoms with Gasteiger partial charge in [-0.1, -0.05) is 107 Å². The Labute approximate surface area is 346 Å². The Kier molecular flexibility index (Phi) is 28.5. The minimum absolute atomic E-state index is 0.258. The molecule has 2 aliphatic heterocycles. The molecule has 12 atom stereocenters. The number of hydrogen-bond acceptors (Lipinski definition) is 13. The van der Waals surface area contributed by atoms with Gasteiger partial charge in [-0.15, -0.1) is 0 Å². The molecule has 1 amide bonds. The summed E-state index contributed by atoms with van der Waals surface area (Å²) in [4.78, 5) is 13.1. The van der Waals surface area contributed by atoms with Crippen molar-refractivity contribution in [3.8, 4) is 0 Å². The van der Waals surface area contributed by atoms with Gasteiger partial charge in [-0.3, -0.25) is 4.79 Å². The Morgan fingerprint density at radius 2 is 1.17 bits per heavy atom. The van der Waals surface area contributed by atoms with E-state index in [0.29, 0.717) is 12.8 Å². The van der Waals surface area contributed by atoms with E-state index in [1.165, 1.54) is 38.5 Å². The fourth-order valence-electron chi connectivity index (χ4n) is 6.91. The third-order valence-electron chi connectivity index (χ3n) is 10.6. The van der Waals surface area contributed by atoms with E-state index in [0.717, 1.165) is 57.8 Å². The second-order valence-corrected chi connectivity index (χ2v) is 15.5. The highest BCUT2D eigenvalue weighted by Gasteiger charge is 2.50. The predicted octanol–water partition coefficient (Wildman–Crippen LogP) is 3.76. The smallest absolute Gasteiger partial charge is 0.220 e. The van der Waals surface area contributed by atoms with Crippen LogP contribution in [0.4, 0.5) is 0 Å². The topological polar surface area (TPSA) is 228 Å². The van der Waals surface area contributed by atoms with Crippen molar-refractivity contribution in [3.63, 3.8) is 0 Å². The molecule has 0 radical (unpaired) electrons. The molecule has 2 heterocycles. The van der Waals surface area contributed by atoms with Gasteiger partial charge in [-0.25, -0.2) is 0 Å². The highest BCUT2D eigenvalue weighted by atomic mass is 16.7. The summed E-state index contributed by atoms with van der Waals surface area (Å²) >= 11 is 0. The van der Waals surface area contributed by atoms with Gasteiger partial charge >= 0.3 is 0 Å². The van der Waals surface area contributed by atoms with Gasteiger partial charge in [0, 0.05) is 6.42 Å². The summed E-state index contributed by atoms with van der Waals surface area (Å²) in [7, 11) is 0. The molecule has 0 aromatic rings. The molecule has 58 heavy (non-hydrogen) atoms. The minimum Gasteiger partial charge on any atom is -0.394 e. The Morgan fingerprint density at radius 3 is 1.79 bits per heavy atom. The maximum atomic E-state index is 13.1. The van der Waals surface area contributed by atoms with E-state index in [1.807, 2.05) is 19.1 Å². The highest BCUT2D eigenvalue weighted by Crippen LogP contribution is 2.30. The predicted molar refractivity (Wildman–Crippen MR) is 221 cm³/mol. The van der Waals surface area contributed by atoms with E-state index in [2.05, 4.69) is 42.6 Å². The Bertz CT molecular complexity index is 1160. The van der Waals surface area contributed by atoms with Gasteiger partial charge < -0.3 is 65.1 Å². The molecule has 0 aromatic carbocycles. The standard InChI is InChI=1S/C44H77NO13/c1-3-5-7-9-11-13-14-15-16-17-18-20-22-24-26-28-36(49)45-32(33(48)27-25-23-21-19-12-10-8-6-4-2)31-55-43-41(54)39(52)42(35(30-47)57-43)58-44-40(53)38(51)37(50)34(29-46)56-44/h4,6,12,15-16,19,25,27,32-35,37-44,46-48,50-54H,3,5,7-11,13-14,17-18,20-24,26,28-31H2,1-2H3,(H,45,49)/b6-4+,16-15-,19-12+,27-25+. The van der Waals surface area contributed by atoms with Crippen LogP contribution in [0.5, 0.6) is 0 Å². The molecule has 9 N–H and O–H groups in total. The summed E-state index contributed by atoms with van der Waals surface area (Å²) in [5, 5.41) is 86.2. The number of hydrogen-bond donors (Lipinski definition) is 9. The van der Waals surface area contributed by atoms with E-state index in [4.69, 9.17) is 18.9 Å². The van der Waals surface area contributed by atoms with Crippen LogP contribution in [-0.2, 0) is 23.7 Å². The Hall–Kier alpha value is -2.05. The third kappa shape index (κ3) is 20.0. The van der Waals surface area contributed by atoms with E-state index >= 15 is 0 Å². The lowest BCUT2D eigenvalue weighted by molar-refractivity contribution is -0.359. The first-order chi connectivity index (χ1) is 28.1. The van der Waals surface area contributed by atoms with Gasteiger partial charge in [0.2, 0.25) is 5.91 Å². The van der Waals surface area contributed by atoms with E-state index in [1.54, 1.807) is 6.08 Å². The Morgan fingerprint density at radius 1 is 0.638 bits per heavy atom. The molecule has 0 aliphatic carbocycles. The molecule has 14 nitrogen and oxygen atoms in total. The zero-order valence-electron chi connectivity index (χ0n) is 35.0. The molecule has 14 heteroatoms. The monoisotopic (exact) mass is 828 g/mol. The van der Waals surface area contributed by atoms with Crippen molar-refractivity contribution >= 4 is 5.91 Å². The maximum absolute atomic E-state index is 13.1. The number of nitrogens with one attached hydrogen (secondary N) is 1. The number of unbranched alkanes of at least 4 members (excludes halogenated alkanes) is 13. The van der Waals surface area contributed by atoms with Crippen LogP contribution < -0.4 is 5.32 Å². The van der Waals surface area contributed by atoms with Gasteiger partial charge in [-0.2, -0.15) is 0 Å². The normalized spacial score (nSPS) is 29.3. The molecule has 2 saturated heterocycles. The van der Waals surface area contributed by atoms with Crippen molar-refractivity contribution in [2.75, 3.05) is 19.8 Å². The van der Waals surface area contributed by atoms with E-state index in [-0.39, 0.29) is 18.9 Å². The molecule has 0 saturated carbocycles. The van der Waals surface area contributed by atoms with Gasteiger partial charge in [0.15, 0.2) is 12.6 Å². The van der Waals surface area contributed by atoms with Crippen molar-refractivity contribution in [1.82, 2.24) is 5.32 Å². The quantitative estimate of drug-likeness (QED) is 0.0359. The van der Waals surface area contributed by atoms with Crippen LogP contribution in [0.15, 0.2) is 48.6 Å². The molecule has 0 spiro atoms. The number of aliphatic hydroxyl groups is 8. The molecular weight excluding hydrogens is 750 g/mol. The molecule has 0 bridgehead atoms. The number of rotatable bonds is 31. The lowest BCUT2D eigenvalue weighted by Crippen LogP contribution is -2.65. The van der Waals surface area contributed by atoms with Crippen molar-refractivity contribution in [3.05, 3.63) is 48.6 Å². The van der Waals surface area contributed by atoms with Crippen molar-refractivity contribution in [2.24, 2.45) is 0 Å². The van der Waals surface area contributed by atoms with Crippen LogP contribution in [0.1, 0.15) is 129 Å². The molecule has 0 aromatic heterocycles. The first-order valence-electron chi connectivity index (χ1n) is 21.8. The number of allylic oxidation sites excluding steroid dienone is 7. The summed E-state index contributed by atoms with van der Waals surface area (Å²) < 4.78 is 22.5. The van der Waals surface area contributed by atoms with Crippen LogP contribution in [0.2, 0.25) is 0 Å². The van der Waals surface area contributed by atoms with Crippen molar-refractivity contribution < 1.29 is 64.6 Å². The van der Waals surface area contributed by atoms with Crippen LogP contribution in [0.3, 0.4) is 0 Å². The zero-order valence-corrected chi connectivity index (χ0v) is 35.0. The molecule has 2 rings (SSSR count). The first kappa shape index (κ1) is 52.1. The van der Waals surface area contributed by atoms with Crippen LogP contribution in [0.25, 0.3) is 0 Å². The van der Waals surface area contributed by atoms with Crippen LogP contribution >= 0.6 is 0 Å². The number of ether oxygens (including phenoxy) is 4. The number of aliphatic hydroxyl groups excluding tert-OH is 8. The average Bonchev–Trinajstić information content (AvgIpc) is 3.22. The average molecular weight is 828 g/mol. The van der Waals surface area contributed by atoms with Crippen LogP contribution in [0, 0.1) is 0 Å². The maximum Gasteiger partial charge on any atom is 0.220 e. The lowest BCUT2D eigenvalue weighted by atomic mass is 9.97. The van der Waals surface area contributed by atoms with Crippen LogP contribution in [-0.4, -0.2) is 140 Å². The first-order valence-corrected chi connectivity index (χ1v) is 21.8. The van der Waals surface area contributed by atoms with Gasteiger partial charge in [0.05, 0.1) is 32.0 Å². The lowest BCUT2D eigenvalue weighted by Gasteiger charge is -2.46. The molecule has 2 fully saturated rings. The minimum atomic E-state index is -1.79. The van der Waals surface area contributed by atoms with Crippen molar-refractivity contribution in [2.45, 2.75) is 203 Å². The van der Waals surface area contributed by atoms with E-state index in [9.17, 15) is 45.6 Å². The summed E-state index contributed by atoms with van der Waals surface area (Å²) in [5.41, 5.74) is 0. The second kappa shape index (κ2) is 31.8. The van der Waals surface area contributed by atoms with Gasteiger partial charge in [0.25, 0.3) is 0 Å². The number of carbonyl (C=O) groups is 1. The van der Waals surface area contributed by atoms with Crippen molar-refractivity contribution in [1.29, 1.82) is 0 Å². The summed E-state index contributed by atoms with van der Waals surface area (Å²) in [6.45, 7) is 2.47. The summed E-state index contributed by atoms with van der Waals surface area (Å²) in [5.74, 6) is -0.269. The van der Waals surface area contributed by atoms with Gasteiger partial charge in [0.1, 0.15) is 48.8 Å². The SMILES string of the molecule is C/C=C/CC/C=C/CC/C=C/C(O)C(COC1OC(CO)C(OC2OC(CO)C(O)C(O)C2O)C(O)C1O)NC(=O)CCCCCCC/C=C\CCCCCCCC. The zero-order chi connectivity index (χ0) is 42.5. The fourth-order valence-corrected chi connectivity index (χ4v) is 6.91. The van der Waals surface area contributed by atoms with E-state index < -0.39 is 86.8 Å². The number of carbonyl (C=O) groups excluding carboxylic acids is 1. The number of amides is 1. The molecule has 12 unspecified atom stereocenters. The largest absolute Gasteiger partial charge is 0.394 e. The summed E-state index contributed by atoms with van der Waals surface area (Å²) in [6, 6.07) is -0.938.